The lowest BCUT2D eigenvalue weighted by Gasteiger charge is -2.05. The highest BCUT2D eigenvalue weighted by molar-refractivity contribution is 8.32. The summed E-state index contributed by atoms with van der Waals surface area (Å²) >= 11 is 0. The highest BCUT2D eigenvalue weighted by atomic mass is 32.3. The van der Waals surface area contributed by atoms with Crippen LogP contribution in [0.15, 0.2) is 16.6 Å². The summed E-state index contributed by atoms with van der Waals surface area (Å²) in [5.74, 6) is 0. The average Bonchev–Trinajstić information content (AvgIpc) is 2.29. The molecule has 0 bridgehead atoms. The van der Waals surface area contributed by atoms with Crippen molar-refractivity contribution >= 4 is 24.1 Å². The van der Waals surface area contributed by atoms with Gasteiger partial charge >= 0.3 is 0 Å². The molecule has 0 aromatic rings. The van der Waals surface area contributed by atoms with Crippen molar-refractivity contribution in [2.75, 3.05) is 0 Å². The van der Waals surface area contributed by atoms with Crippen molar-refractivity contribution in [3.8, 4) is 0 Å². The van der Waals surface area contributed by atoms with E-state index in [4.69, 9.17) is 0 Å². The molecule has 0 atom stereocenters. The second-order valence-electron chi connectivity index (χ2n) is 2.82. The molecule has 5 nitrogen and oxygen atoms in total. The van der Waals surface area contributed by atoms with Crippen LogP contribution in [0.3, 0.4) is 0 Å². The van der Waals surface area contributed by atoms with E-state index >= 15 is 0 Å². The van der Waals surface area contributed by atoms with Crippen molar-refractivity contribution in [3.63, 3.8) is 0 Å². The maximum absolute atomic E-state index is 11.4. The minimum Gasteiger partial charge on any atom is -0.233 e. The van der Waals surface area contributed by atoms with E-state index in [1.807, 2.05) is 0 Å². The third-order valence-electron chi connectivity index (χ3n) is 1.53. The summed E-state index contributed by atoms with van der Waals surface area (Å²) in [4.78, 5) is 3.34. The average molecular weight is 223 g/mol. The summed E-state index contributed by atoms with van der Waals surface area (Å²) in [5, 5.41) is 0.00310. The number of aliphatic imine (C=N–C) groups is 1. The SMILES string of the molecule is CC(C)S(=O)(=O)C1=NC=CS1(=O)=O. The van der Waals surface area contributed by atoms with Crippen LogP contribution in [0.4, 0.5) is 0 Å². The standard InChI is InChI=1S/C6H9NO4S2/c1-5(2)13(10,11)6-7-3-4-12(6,8)9/h3-5H,1-2H3. The lowest BCUT2D eigenvalue weighted by molar-refractivity contribution is 0.598. The van der Waals surface area contributed by atoms with Crippen LogP contribution >= 0.6 is 0 Å². The largest absolute Gasteiger partial charge is 0.252 e. The van der Waals surface area contributed by atoms with E-state index in [0.717, 1.165) is 11.6 Å². The van der Waals surface area contributed by atoms with Crippen LogP contribution in [0.2, 0.25) is 0 Å². The smallest absolute Gasteiger partial charge is 0.233 e. The Labute approximate surface area is 77.0 Å². The lowest BCUT2D eigenvalue weighted by Crippen LogP contribution is -2.27. The molecule has 0 aromatic carbocycles. The van der Waals surface area contributed by atoms with Crippen LogP contribution in [-0.2, 0) is 19.7 Å². The van der Waals surface area contributed by atoms with E-state index in [1.165, 1.54) is 13.8 Å². The number of rotatable bonds is 1. The van der Waals surface area contributed by atoms with E-state index in [-0.39, 0.29) is 0 Å². The molecule has 0 spiro atoms. The summed E-state index contributed by atoms with van der Waals surface area (Å²) in [6.07, 6.45) is 0.977. The lowest BCUT2D eigenvalue weighted by atomic mass is 10.6. The van der Waals surface area contributed by atoms with E-state index < -0.39 is 29.3 Å². The third-order valence-corrected chi connectivity index (χ3v) is 5.83. The Kier molecular flexibility index (Phi) is 2.33. The zero-order valence-corrected chi connectivity index (χ0v) is 8.76. The van der Waals surface area contributed by atoms with Gasteiger partial charge in [-0.3, -0.25) is 0 Å². The monoisotopic (exact) mass is 223 g/mol. The topological polar surface area (TPSA) is 80.6 Å². The Bertz CT molecular complexity index is 467. The molecule has 0 aliphatic carbocycles. The van der Waals surface area contributed by atoms with Gasteiger partial charge in [0.2, 0.25) is 19.7 Å². The number of hydrogen-bond acceptors (Lipinski definition) is 5. The molecular formula is C6H9NO4S2. The highest BCUT2D eigenvalue weighted by Crippen LogP contribution is 2.15. The molecule has 1 aliphatic rings. The van der Waals surface area contributed by atoms with Crippen LogP contribution in [0.25, 0.3) is 0 Å². The molecule has 0 saturated heterocycles. The first-order chi connectivity index (χ1) is 5.78. The molecule has 0 aromatic heterocycles. The van der Waals surface area contributed by atoms with Crippen molar-refractivity contribution in [1.29, 1.82) is 0 Å². The first kappa shape index (κ1) is 10.4. The third kappa shape index (κ3) is 1.66. The maximum atomic E-state index is 11.4. The predicted octanol–water partition coefficient (Wildman–Crippen LogP) is 0.0652. The quantitative estimate of drug-likeness (QED) is 0.629. The maximum Gasteiger partial charge on any atom is 0.252 e. The number of nitrogens with zero attached hydrogens (tertiary/aromatic N) is 1. The first-order valence-corrected chi connectivity index (χ1v) is 6.61. The molecule has 0 fully saturated rings. The zero-order chi connectivity index (χ0) is 10.3. The second kappa shape index (κ2) is 2.91. The molecule has 0 N–H and O–H groups in total. The van der Waals surface area contributed by atoms with E-state index in [0.29, 0.717) is 0 Å². The molecule has 1 aliphatic heterocycles. The van der Waals surface area contributed by atoms with Crippen molar-refractivity contribution in [2.24, 2.45) is 4.99 Å². The molecule has 74 valence electrons. The van der Waals surface area contributed by atoms with E-state index in [9.17, 15) is 16.8 Å². The Morgan fingerprint density at radius 1 is 1.38 bits per heavy atom. The summed E-state index contributed by atoms with van der Waals surface area (Å²) in [6, 6.07) is 0. The van der Waals surface area contributed by atoms with Crippen molar-refractivity contribution in [1.82, 2.24) is 0 Å². The van der Waals surface area contributed by atoms with Crippen LogP contribution in [-0.4, -0.2) is 26.5 Å². The molecule has 1 heterocycles. The first-order valence-electron chi connectivity index (χ1n) is 3.52. The van der Waals surface area contributed by atoms with Crippen LogP contribution in [0, 0.1) is 0 Å². The van der Waals surface area contributed by atoms with Crippen LogP contribution in [0.5, 0.6) is 0 Å². The minimum absolute atomic E-state index is 0.741. The van der Waals surface area contributed by atoms with Crippen LogP contribution in [0.1, 0.15) is 13.8 Å². The molecule has 1 rings (SSSR count). The number of sulfone groups is 2. The van der Waals surface area contributed by atoms with E-state index in [2.05, 4.69) is 4.99 Å². The molecule has 0 radical (unpaired) electrons. The van der Waals surface area contributed by atoms with Gasteiger partial charge in [0.1, 0.15) is 0 Å². The Balaban J connectivity index is 3.31. The van der Waals surface area contributed by atoms with Gasteiger partial charge in [-0.2, -0.15) is 0 Å². The van der Waals surface area contributed by atoms with Gasteiger partial charge in [-0.1, -0.05) is 0 Å². The van der Waals surface area contributed by atoms with Crippen molar-refractivity contribution in [2.45, 2.75) is 19.1 Å². The van der Waals surface area contributed by atoms with Gasteiger partial charge in [-0.05, 0) is 13.8 Å². The minimum atomic E-state index is -3.81. The number of hydrogen-bond donors (Lipinski definition) is 0. The Morgan fingerprint density at radius 3 is 2.23 bits per heavy atom. The van der Waals surface area contributed by atoms with Gasteiger partial charge in [0, 0.05) is 6.20 Å². The molecule has 0 unspecified atom stereocenters. The molecule has 13 heavy (non-hydrogen) atoms. The molecule has 0 amide bonds. The van der Waals surface area contributed by atoms with Gasteiger partial charge in [0.05, 0.1) is 10.7 Å². The van der Waals surface area contributed by atoms with Gasteiger partial charge < -0.3 is 0 Å². The van der Waals surface area contributed by atoms with Gasteiger partial charge in [0.15, 0.2) is 0 Å². The summed E-state index contributed by atoms with van der Waals surface area (Å²) in [7, 11) is -7.59. The Hall–Kier alpha value is -0.690. The zero-order valence-electron chi connectivity index (χ0n) is 7.13. The summed E-state index contributed by atoms with van der Waals surface area (Å²) in [6.45, 7) is 2.82. The predicted molar refractivity (Wildman–Crippen MR) is 49.6 cm³/mol. The fraction of sp³-hybridized carbons (Fsp3) is 0.500. The van der Waals surface area contributed by atoms with Gasteiger partial charge in [0.25, 0.3) is 4.38 Å². The van der Waals surface area contributed by atoms with Crippen molar-refractivity contribution < 1.29 is 16.8 Å². The Morgan fingerprint density at radius 2 is 1.92 bits per heavy atom. The molecule has 0 saturated carbocycles. The summed E-state index contributed by atoms with van der Waals surface area (Å²) in [5.41, 5.74) is 0. The normalized spacial score (nSPS) is 20.7. The van der Waals surface area contributed by atoms with E-state index in [1.54, 1.807) is 0 Å². The van der Waals surface area contributed by atoms with Crippen molar-refractivity contribution in [3.05, 3.63) is 11.6 Å². The molecule has 7 heteroatoms. The fourth-order valence-corrected chi connectivity index (χ4v) is 3.94. The fourth-order valence-electron chi connectivity index (χ4n) is 0.740. The summed E-state index contributed by atoms with van der Waals surface area (Å²) < 4.78 is 44.3. The van der Waals surface area contributed by atoms with Gasteiger partial charge in [-0.25, -0.2) is 21.8 Å². The second-order valence-corrected chi connectivity index (χ2v) is 7.25. The van der Waals surface area contributed by atoms with Crippen LogP contribution < -0.4 is 0 Å². The molecular weight excluding hydrogens is 214 g/mol. The highest BCUT2D eigenvalue weighted by Gasteiger charge is 2.35. The van der Waals surface area contributed by atoms with Gasteiger partial charge in [-0.15, -0.1) is 0 Å².